The highest BCUT2D eigenvalue weighted by molar-refractivity contribution is 6.07. The number of hydrogen-bond acceptors (Lipinski definition) is 4. The van der Waals surface area contributed by atoms with E-state index < -0.39 is 17.4 Å². The molecular formula is C25H24O4. The molecule has 4 nitrogen and oxygen atoms in total. The van der Waals surface area contributed by atoms with E-state index in [9.17, 15) is 9.59 Å². The summed E-state index contributed by atoms with van der Waals surface area (Å²) in [4.78, 5) is 27.0. The maximum Gasteiger partial charge on any atom is 0.333 e. The van der Waals surface area contributed by atoms with Gasteiger partial charge in [0.15, 0.2) is 5.41 Å². The Bertz CT molecular complexity index is 881. The Hall–Kier alpha value is -3.40. The lowest BCUT2D eigenvalue weighted by atomic mass is 9.74. The SMILES string of the molecule is CC(C)CC(C(=O)Oc1ccccc1)(C(=O)Oc1ccccc1)c1ccccc1. The molecule has 0 aromatic heterocycles. The smallest absolute Gasteiger partial charge is 0.333 e. The van der Waals surface area contributed by atoms with E-state index >= 15 is 0 Å². The Kier molecular flexibility index (Phi) is 6.45. The first-order valence-corrected chi connectivity index (χ1v) is 9.62. The van der Waals surface area contributed by atoms with Crippen molar-refractivity contribution in [2.75, 3.05) is 0 Å². The van der Waals surface area contributed by atoms with E-state index in [0.717, 1.165) is 0 Å². The van der Waals surface area contributed by atoms with Gasteiger partial charge >= 0.3 is 11.9 Å². The first-order valence-electron chi connectivity index (χ1n) is 9.62. The molecule has 29 heavy (non-hydrogen) atoms. The number of para-hydroxylation sites is 2. The van der Waals surface area contributed by atoms with Crippen molar-refractivity contribution >= 4 is 11.9 Å². The number of carbonyl (C=O) groups is 2. The number of benzene rings is 3. The lowest BCUT2D eigenvalue weighted by molar-refractivity contribution is -0.155. The van der Waals surface area contributed by atoms with Crippen LogP contribution >= 0.6 is 0 Å². The average molecular weight is 388 g/mol. The molecule has 0 fully saturated rings. The molecule has 0 aliphatic rings. The highest BCUT2D eigenvalue weighted by atomic mass is 16.6. The molecule has 3 aromatic rings. The zero-order chi connectivity index (χ0) is 20.7. The van der Waals surface area contributed by atoms with Gasteiger partial charge in [-0.3, -0.25) is 9.59 Å². The minimum Gasteiger partial charge on any atom is -0.425 e. The van der Waals surface area contributed by atoms with Gasteiger partial charge in [0.05, 0.1) is 0 Å². The van der Waals surface area contributed by atoms with Gasteiger partial charge in [0.2, 0.25) is 0 Å². The third kappa shape index (κ3) is 4.72. The predicted molar refractivity (Wildman–Crippen MR) is 112 cm³/mol. The van der Waals surface area contributed by atoms with Crippen LogP contribution in [0.3, 0.4) is 0 Å². The third-order valence-electron chi connectivity index (χ3n) is 4.59. The van der Waals surface area contributed by atoms with Gasteiger partial charge in [-0.25, -0.2) is 0 Å². The first-order chi connectivity index (χ1) is 14.0. The monoisotopic (exact) mass is 388 g/mol. The Labute approximate surface area is 171 Å². The van der Waals surface area contributed by atoms with Crippen LogP contribution in [0.15, 0.2) is 91.0 Å². The van der Waals surface area contributed by atoms with Crippen LogP contribution in [0.4, 0.5) is 0 Å². The van der Waals surface area contributed by atoms with Crippen molar-refractivity contribution in [3.8, 4) is 11.5 Å². The molecular weight excluding hydrogens is 364 g/mol. The molecule has 0 N–H and O–H groups in total. The van der Waals surface area contributed by atoms with Crippen molar-refractivity contribution in [1.29, 1.82) is 0 Å². The van der Waals surface area contributed by atoms with Crippen LogP contribution in [0.25, 0.3) is 0 Å². The molecule has 0 saturated heterocycles. The number of esters is 2. The fourth-order valence-electron chi connectivity index (χ4n) is 3.30. The third-order valence-corrected chi connectivity index (χ3v) is 4.59. The summed E-state index contributed by atoms with van der Waals surface area (Å²) in [6, 6.07) is 26.5. The Morgan fingerprint density at radius 3 is 1.45 bits per heavy atom. The molecule has 0 saturated carbocycles. The number of rotatable bonds is 7. The normalized spacial score (nSPS) is 11.1. The molecule has 0 atom stereocenters. The second-order valence-corrected chi connectivity index (χ2v) is 7.27. The molecule has 0 aliphatic heterocycles. The lowest BCUT2D eigenvalue weighted by Gasteiger charge is -2.31. The molecule has 0 amide bonds. The number of hydrogen-bond donors (Lipinski definition) is 0. The second-order valence-electron chi connectivity index (χ2n) is 7.27. The van der Waals surface area contributed by atoms with Gasteiger partial charge in [-0.1, -0.05) is 80.6 Å². The first kappa shape index (κ1) is 20.3. The van der Waals surface area contributed by atoms with Gasteiger partial charge < -0.3 is 9.47 Å². The summed E-state index contributed by atoms with van der Waals surface area (Å²) in [5.41, 5.74) is -1.03. The molecule has 0 radical (unpaired) electrons. The fraction of sp³-hybridized carbons (Fsp3) is 0.200. The fourth-order valence-corrected chi connectivity index (χ4v) is 3.30. The van der Waals surface area contributed by atoms with E-state index in [1.54, 1.807) is 72.8 Å². The number of carbonyl (C=O) groups excluding carboxylic acids is 2. The van der Waals surface area contributed by atoms with Crippen molar-refractivity contribution in [3.05, 3.63) is 96.6 Å². The summed E-state index contributed by atoms with van der Waals surface area (Å²) in [5, 5.41) is 0. The van der Waals surface area contributed by atoms with E-state index in [-0.39, 0.29) is 12.3 Å². The van der Waals surface area contributed by atoms with E-state index in [0.29, 0.717) is 17.1 Å². The lowest BCUT2D eigenvalue weighted by Crippen LogP contribution is -2.49. The van der Waals surface area contributed by atoms with Gasteiger partial charge in [0.1, 0.15) is 11.5 Å². The van der Waals surface area contributed by atoms with Gasteiger partial charge in [-0.15, -0.1) is 0 Å². The summed E-state index contributed by atoms with van der Waals surface area (Å²) in [7, 11) is 0. The van der Waals surface area contributed by atoms with Crippen LogP contribution < -0.4 is 9.47 Å². The molecule has 3 rings (SSSR count). The largest absolute Gasteiger partial charge is 0.425 e. The molecule has 0 heterocycles. The topological polar surface area (TPSA) is 52.6 Å². The molecule has 3 aromatic carbocycles. The molecule has 0 unspecified atom stereocenters. The Morgan fingerprint density at radius 2 is 1.07 bits per heavy atom. The highest BCUT2D eigenvalue weighted by Gasteiger charge is 2.51. The summed E-state index contributed by atoms with van der Waals surface area (Å²) in [5.74, 6) is -0.487. The van der Waals surface area contributed by atoms with Crippen LogP contribution in [0.1, 0.15) is 25.8 Å². The van der Waals surface area contributed by atoms with E-state index in [1.807, 2.05) is 32.0 Å². The predicted octanol–water partition coefficient (Wildman–Crippen LogP) is 5.18. The van der Waals surface area contributed by atoms with Crippen LogP contribution in [0.5, 0.6) is 11.5 Å². The van der Waals surface area contributed by atoms with Gasteiger partial charge in [-0.2, -0.15) is 0 Å². The quantitative estimate of drug-likeness (QED) is 0.318. The van der Waals surface area contributed by atoms with E-state index in [4.69, 9.17) is 9.47 Å². The van der Waals surface area contributed by atoms with Gasteiger partial charge in [-0.05, 0) is 42.2 Å². The van der Waals surface area contributed by atoms with Crippen molar-refractivity contribution < 1.29 is 19.1 Å². The molecule has 0 aliphatic carbocycles. The summed E-state index contributed by atoms with van der Waals surface area (Å²) >= 11 is 0. The standard InChI is InChI=1S/C25H24O4/c1-19(2)18-25(20-12-6-3-7-13-20,23(26)28-21-14-8-4-9-15-21)24(27)29-22-16-10-5-11-17-22/h3-17,19H,18H2,1-2H3. The van der Waals surface area contributed by atoms with Crippen LogP contribution in [-0.2, 0) is 15.0 Å². The van der Waals surface area contributed by atoms with Crippen LogP contribution in [-0.4, -0.2) is 11.9 Å². The van der Waals surface area contributed by atoms with E-state index in [2.05, 4.69) is 0 Å². The minimum absolute atomic E-state index is 0.0434. The Balaban J connectivity index is 2.06. The van der Waals surface area contributed by atoms with Gasteiger partial charge in [0, 0.05) is 0 Å². The minimum atomic E-state index is -1.58. The molecule has 148 valence electrons. The maximum absolute atomic E-state index is 13.5. The van der Waals surface area contributed by atoms with Crippen LogP contribution in [0, 0.1) is 5.92 Å². The zero-order valence-electron chi connectivity index (χ0n) is 16.6. The van der Waals surface area contributed by atoms with Crippen molar-refractivity contribution in [2.45, 2.75) is 25.7 Å². The second kappa shape index (κ2) is 9.20. The average Bonchev–Trinajstić information content (AvgIpc) is 2.74. The molecule has 0 spiro atoms. The Morgan fingerprint density at radius 1 is 0.690 bits per heavy atom. The maximum atomic E-state index is 13.5. The summed E-state index contributed by atoms with van der Waals surface area (Å²) in [6.07, 6.45) is 0.258. The highest BCUT2D eigenvalue weighted by Crippen LogP contribution is 2.35. The molecule has 4 heteroatoms. The van der Waals surface area contributed by atoms with Crippen LogP contribution in [0.2, 0.25) is 0 Å². The summed E-state index contributed by atoms with van der Waals surface area (Å²) < 4.78 is 11.3. The zero-order valence-corrected chi connectivity index (χ0v) is 16.6. The summed E-state index contributed by atoms with van der Waals surface area (Å²) in [6.45, 7) is 3.92. The number of ether oxygens (including phenoxy) is 2. The van der Waals surface area contributed by atoms with Gasteiger partial charge in [0.25, 0.3) is 0 Å². The van der Waals surface area contributed by atoms with Crippen molar-refractivity contribution in [1.82, 2.24) is 0 Å². The van der Waals surface area contributed by atoms with Crippen molar-refractivity contribution in [3.63, 3.8) is 0 Å². The van der Waals surface area contributed by atoms with Crippen molar-refractivity contribution in [2.24, 2.45) is 5.92 Å². The van der Waals surface area contributed by atoms with E-state index in [1.165, 1.54) is 0 Å². The molecule has 0 bridgehead atoms.